The van der Waals surface area contributed by atoms with Crippen LogP contribution in [0, 0.1) is 0 Å². The molecule has 4 nitrogen and oxygen atoms in total. The van der Waals surface area contributed by atoms with Crippen molar-refractivity contribution in [2.75, 3.05) is 0 Å². The normalized spacial score (nSPS) is 13.0. The number of para-hydroxylation sites is 1. The van der Waals surface area contributed by atoms with Crippen molar-refractivity contribution in [3.63, 3.8) is 0 Å². The van der Waals surface area contributed by atoms with E-state index in [2.05, 4.69) is 164 Å². The molecule has 0 radical (unpaired) electrons. The maximum atomic E-state index is 5.21. The van der Waals surface area contributed by atoms with Crippen molar-refractivity contribution < 1.29 is 0 Å². The second-order valence-electron chi connectivity index (χ2n) is 15.2. The molecule has 11 rings (SSSR count). The summed E-state index contributed by atoms with van der Waals surface area (Å²) in [6.07, 6.45) is 0. The van der Waals surface area contributed by atoms with E-state index in [1.165, 1.54) is 49.5 Å². The summed E-state index contributed by atoms with van der Waals surface area (Å²) in [4.78, 5) is 15.4. The lowest BCUT2D eigenvalue weighted by atomic mass is 9.81. The lowest BCUT2D eigenvalue weighted by molar-refractivity contribution is 0.660. The third-order valence-electron chi connectivity index (χ3n) is 11.7. The smallest absolute Gasteiger partial charge is 0.166 e. The average molecular weight is 717 g/mol. The first-order chi connectivity index (χ1) is 27.5. The number of fused-ring (bicyclic) bond motifs is 7. The number of rotatable bonds is 5. The van der Waals surface area contributed by atoms with Crippen molar-refractivity contribution in [3.05, 3.63) is 193 Å². The molecular weight excluding hydrogens is 681 g/mol. The standard InChI is InChI=1S/C52H36N4/c1-52(2)44-25-12-11-22-39(44)40-29-27-37(32-45(40)52)36-28-30-47-43(31-36)41-23-14-24-42(48(41)56(47)46-26-13-20-33-15-9-10-21-38(33)46)51-54-49(34-16-5-3-6-17-34)53-50(55-51)35-18-7-4-8-19-35/h3-32H,1-2H3. The summed E-state index contributed by atoms with van der Waals surface area (Å²) in [6.45, 7) is 4.69. The van der Waals surface area contributed by atoms with Gasteiger partial charge in [-0.1, -0.05) is 166 Å². The van der Waals surface area contributed by atoms with Crippen molar-refractivity contribution >= 4 is 32.6 Å². The molecule has 0 atom stereocenters. The summed E-state index contributed by atoms with van der Waals surface area (Å²) < 4.78 is 2.42. The summed E-state index contributed by atoms with van der Waals surface area (Å²) in [6, 6.07) is 64.9. The lowest BCUT2D eigenvalue weighted by Gasteiger charge is -2.22. The van der Waals surface area contributed by atoms with Crippen molar-refractivity contribution in [2.24, 2.45) is 0 Å². The first-order valence-corrected chi connectivity index (χ1v) is 19.2. The van der Waals surface area contributed by atoms with Gasteiger partial charge in [-0.25, -0.2) is 15.0 Å². The summed E-state index contributed by atoms with van der Waals surface area (Å²) in [7, 11) is 0. The van der Waals surface area contributed by atoms with Crippen LogP contribution >= 0.6 is 0 Å². The van der Waals surface area contributed by atoms with Gasteiger partial charge in [0.1, 0.15) is 0 Å². The molecule has 2 heterocycles. The largest absolute Gasteiger partial charge is 0.308 e. The van der Waals surface area contributed by atoms with Crippen molar-refractivity contribution in [2.45, 2.75) is 19.3 Å². The van der Waals surface area contributed by atoms with Gasteiger partial charge in [-0.3, -0.25) is 0 Å². The van der Waals surface area contributed by atoms with Gasteiger partial charge in [-0.15, -0.1) is 0 Å². The Balaban J connectivity index is 1.18. The maximum Gasteiger partial charge on any atom is 0.166 e. The van der Waals surface area contributed by atoms with Crippen LogP contribution in [-0.2, 0) is 5.41 Å². The maximum absolute atomic E-state index is 5.21. The molecule has 0 spiro atoms. The van der Waals surface area contributed by atoms with Gasteiger partial charge in [0.25, 0.3) is 0 Å². The molecular formula is C52H36N4. The molecule has 0 aliphatic heterocycles. The predicted molar refractivity (Wildman–Crippen MR) is 231 cm³/mol. The molecule has 0 saturated carbocycles. The van der Waals surface area contributed by atoms with Crippen molar-refractivity contribution in [1.29, 1.82) is 0 Å². The molecule has 0 N–H and O–H groups in total. The molecule has 4 heteroatoms. The Morgan fingerprint density at radius 1 is 0.393 bits per heavy atom. The van der Waals surface area contributed by atoms with Gasteiger partial charge in [-0.2, -0.15) is 0 Å². The SMILES string of the molecule is CC1(C)c2ccccc2-c2ccc(-c3ccc4c(c3)c3cccc(-c5nc(-c6ccccc6)nc(-c6ccccc6)n5)c3n4-c3cccc4ccccc34)cc21. The van der Waals surface area contributed by atoms with E-state index < -0.39 is 0 Å². The predicted octanol–water partition coefficient (Wildman–Crippen LogP) is 13.1. The fourth-order valence-electron chi connectivity index (χ4n) is 8.90. The molecule has 0 amide bonds. The summed E-state index contributed by atoms with van der Waals surface area (Å²) in [5.41, 5.74) is 13.9. The van der Waals surface area contributed by atoms with Crippen LogP contribution in [0.5, 0.6) is 0 Å². The minimum atomic E-state index is -0.0763. The number of benzene rings is 8. The van der Waals surface area contributed by atoms with Crippen LogP contribution in [0.4, 0.5) is 0 Å². The average Bonchev–Trinajstić information content (AvgIpc) is 3.71. The zero-order valence-electron chi connectivity index (χ0n) is 31.1. The van der Waals surface area contributed by atoms with Crippen molar-refractivity contribution in [3.8, 4) is 62.1 Å². The Morgan fingerprint density at radius 2 is 0.964 bits per heavy atom. The molecule has 56 heavy (non-hydrogen) atoms. The second-order valence-corrected chi connectivity index (χ2v) is 15.2. The highest BCUT2D eigenvalue weighted by Crippen LogP contribution is 2.50. The van der Waals surface area contributed by atoms with Gasteiger partial charge in [0.05, 0.1) is 16.7 Å². The van der Waals surface area contributed by atoms with Crippen LogP contribution in [0.25, 0.3) is 94.7 Å². The van der Waals surface area contributed by atoms with Crippen LogP contribution in [0.3, 0.4) is 0 Å². The minimum absolute atomic E-state index is 0.0763. The zero-order valence-corrected chi connectivity index (χ0v) is 31.1. The first kappa shape index (κ1) is 32.3. The van der Waals surface area contributed by atoms with E-state index in [4.69, 9.17) is 15.0 Å². The number of hydrogen-bond donors (Lipinski definition) is 0. The van der Waals surface area contributed by atoms with Crippen LogP contribution in [-0.4, -0.2) is 19.5 Å². The molecule has 0 saturated heterocycles. The van der Waals surface area contributed by atoms with E-state index in [1.807, 2.05) is 36.4 Å². The quantitative estimate of drug-likeness (QED) is 0.178. The van der Waals surface area contributed by atoms with E-state index in [0.717, 1.165) is 38.8 Å². The number of hydrogen-bond acceptors (Lipinski definition) is 3. The van der Waals surface area contributed by atoms with Gasteiger partial charge in [0.15, 0.2) is 17.5 Å². The fraction of sp³-hybridized carbons (Fsp3) is 0.0577. The van der Waals surface area contributed by atoms with Crippen LogP contribution < -0.4 is 0 Å². The zero-order chi connectivity index (χ0) is 37.4. The summed E-state index contributed by atoms with van der Waals surface area (Å²) in [5.74, 6) is 1.92. The Kier molecular flexibility index (Phi) is 7.17. The van der Waals surface area contributed by atoms with Gasteiger partial charge in [0.2, 0.25) is 0 Å². The lowest BCUT2D eigenvalue weighted by Crippen LogP contribution is -2.14. The Bertz CT molecular complexity index is 3100. The summed E-state index contributed by atoms with van der Waals surface area (Å²) in [5, 5.41) is 4.69. The fourth-order valence-corrected chi connectivity index (χ4v) is 8.90. The Hall–Kier alpha value is -7.17. The third-order valence-corrected chi connectivity index (χ3v) is 11.7. The van der Waals surface area contributed by atoms with E-state index >= 15 is 0 Å². The van der Waals surface area contributed by atoms with E-state index in [9.17, 15) is 0 Å². The topological polar surface area (TPSA) is 43.6 Å². The molecule has 0 bridgehead atoms. The molecule has 8 aromatic carbocycles. The molecule has 264 valence electrons. The van der Waals surface area contributed by atoms with Gasteiger partial charge in [0, 0.05) is 38.3 Å². The van der Waals surface area contributed by atoms with E-state index in [-0.39, 0.29) is 5.41 Å². The van der Waals surface area contributed by atoms with Gasteiger partial charge < -0.3 is 4.57 Å². The van der Waals surface area contributed by atoms with E-state index in [0.29, 0.717) is 17.5 Å². The second kappa shape index (κ2) is 12.4. The van der Waals surface area contributed by atoms with Crippen LogP contribution in [0.15, 0.2) is 182 Å². The number of aromatic nitrogens is 4. The highest BCUT2D eigenvalue weighted by Gasteiger charge is 2.35. The molecule has 0 unspecified atom stereocenters. The highest BCUT2D eigenvalue weighted by molar-refractivity contribution is 6.15. The third kappa shape index (κ3) is 4.96. The van der Waals surface area contributed by atoms with Crippen LogP contribution in [0.1, 0.15) is 25.0 Å². The minimum Gasteiger partial charge on any atom is -0.308 e. The van der Waals surface area contributed by atoms with Crippen LogP contribution in [0.2, 0.25) is 0 Å². The molecule has 0 fully saturated rings. The molecule has 2 aromatic heterocycles. The van der Waals surface area contributed by atoms with Crippen molar-refractivity contribution in [1.82, 2.24) is 19.5 Å². The van der Waals surface area contributed by atoms with Gasteiger partial charge in [-0.05, 0) is 69.1 Å². The monoisotopic (exact) mass is 716 g/mol. The molecule has 1 aliphatic rings. The first-order valence-electron chi connectivity index (χ1n) is 19.2. The van der Waals surface area contributed by atoms with Gasteiger partial charge >= 0.3 is 0 Å². The Morgan fingerprint density at radius 3 is 1.75 bits per heavy atom. The molecule has 10 aromatic rings. The molecule has 1 aliphatic carbocycles. The number of nitrogens with zero attached hydrogens (tertiary/aromatic N) is 4. The summed E-state index contributed by atoms with van der Waals surface area (Å²) >= 11 is 0. The van der Waals surface area contributed by atoms with E-state index in [1.54, 1.807) is 0 Å². The highest BCUT2D eigenvalue weighted by atomic mass is 15.0. The Labute approximate surface area is 325 Å².